The maximum absolute atomic E-state index is 14.8. The Morgan fingerprint density at radius 3 is 2.40 bits per heavy atom. The van der Waals surface area contributed by atoms with Crippen molar-refractivity contribution in [2.45, 2.75) is 24.7 Å². The predicted molar refractivity (Wildman–Crippen MR) is 140 cm³/mol. The van der Waals surface area contributed by atoms with Gasteiger partial charge in [0.1, 0.15) is 24.5 Å². The third-order valence-corrected chi connectivity index (χ3v) is 7.46. The molecule has 2 heterocycles. The molecule has 1 saturated carbocycles. The number of halogens is 3. The summed E-state index contributed by atoms with van der Waals surface area (Å²) in [5.41, 5.74) is 1.50. The quantitative estimate of drug-likeness (QED) is 0.245. The van der Waals surface area contributed by atoms with Gasteiger partial charge >= 0.3 is 5.97 Å². The smallest absolute Gasteiger partial charge is 0.335 e. The molecule has 1 aliphatic carbocycles. The number of aromatic carboxylic acids is 1. The minimum absolute atomic E-state index is 0.0652. The zero-order valence-corrected chi connectivity index (χ0v) is 20.9. The SMILES string of the molecule is O=C(O)c1ccc(-c2c(C3(COc4ccncn4)CCC3)n(-c3ccc(F)c(F)c3)c3cc(F)cc(O)c23)cc1. The lowest BCUT2D eigenvalue weighted by molar-refractivity contribution is 0.0697. The van der Waals surface area contributed by atoms with Gasteiger partial charge in [0.2, 0.25) is 5.88 Å². The zero-order chi connectivity index (χ0) is 28.0. The van der Waals surface area contributed by atoms with Gasteiger partial charge in [-0.25, -0.2) is 27.9 Å². The fourth-order valence-corrected chi connectivity index (χ4v) is 5.45. The molecule has 2 N–H and O–H groups in total. The molecule has 0 unspecified atom stereocenters. The number of rotatable bonds is 7. The Labute approximate surface area is 226 Å². The number of fused-ring (bicyclic) bond motifs is 1. The molecule has 7 nitrogen and oxygen atoms in total. The van der Waals surface area contributed by atoms with Crippen molar-refractivity contribution >= 4 is 16.9 Å². The van der Waals surface area contributed by atoms with Crippen LogP contribution in [-0.4, -0.2) is 37.3 Å². The molecule has 2 aromatic heterocycles. The number of ether oxygens (including phenoxy) is 1. The molecule has 40 heavy (non-hydrogen) atoms. The van der Waals surface area contributed by atoms with Gasteiger partial charge in [0.05, 0.1) is 16.5 Å². The fourth-order valence-electron chi connectivity index (χ4n) is 5.45. The molecule has 0 bridgehead atoms. The highest BCUT2D eigenvalue weighted by atomic mass is 19.2. The van der Waals surface area contributed by atoms with Crippen LogP contribution in [0.25, 0.3) is 27.7 Å². The van der Waals surface area contributed by atoms with Gasteiger partial charge < -0.3 is 19.5 Å². The van der Waals surface area contributed by atoms with E-state index in [1.54, 1.807) is 29.0 Å². The Balaban J connectivity index is 1.67. The highest BCUT2D eigenvalue weighted by Crippen LogP contribution is 2.53. The molecule has 202 valence electrons. The van der Waals surface area contributed by atoms with Gasteiger partial charge in [-0.15, -0.1) is 0 Å². The highest BCUT2D eigenvalue weighted by Gasteiger charge is 2.45. The average Bonchev–Trinajstić information content (AvgIpc) is 3.25. The van der Waals surface area contributed by atoms with E-state index in [0.29, 0.717) is 35.5 Å². The van der Waals surface area contributed by atoms with Gasteiger partial charge in [0.15, 0.2) is 11.6 Å². The number of aromatic nitrogens is 3. The first-order valence-electron chi connectivity index (χ1n) is 12.5. The average molecular weight is 546 g/mol. The number of carboxylic acids is 1. The third kappa shape index (κ3) is 4.21. The molecule has 0 spiro atoms. The Bertz CT molecular complexity index is 1750. The van der Waals surface area contributed by atoms with E-state index in [1.807, 2.05) is 0 Å². The van der Waals surface area contributed by atoms with Crippen molar-refractivity contribution in [1.29, 1.82) is 0 Å². The van der Waals surface area contributed by atoms with Crippen molar-refractivity contribution < 1.29 is 32.9 Å². The van der Waals surface area contributed by atoms with Crippen molar-refractivity contribution in [1.82, 2.24) is 14.5 Å². The predicted octanol–water partition coefficient (Wildman–Crippen LogP) is 6.41. The number of hydrogen-bond acceptors (Lipinski definition) is 5. The Morgan fingerprint density at radius 2 is 1.77 bits per heavy atom. The van der Waals surface area contributed by atoms with Gasteiger partial charge in [-0.2, -0.15) is 0 Å². The van der Waals surface area contributed by atoms with Crippen molar-refractivity contribution in [3.05, 3.63) is 102 Å². The number of hydrogen-bond donors (Lipinski definition) is 2. The molecule has 6 rings (SSSR count). The van der Waals surface area contributed by atoms with Crippen LogP contribution in [-0.2, 0) is 5.41 Å². The fraction of sp³-hybridized carbons (Fsp3) is 0.167. The zero-order valence-electron chi connectivity index (χ0n) is 20.9. The van der Waals surface area contributed by atoms with Crippen molar-refractivity contribution in [3.63, 3.8) is 0 Å². The molecule has 0 radical (unpaired) electrons. The minimum atomic E-state index is -1.10. The number of carboxylic acid groups (broad SMARTS) is 1. The Hall–Kier alpha value is -4.86. The molecule has 3 aromatic carbocycles. The summed E-state index contributed by atoms with van der Waals surface area (Å²) in [5.74, 6) is -3.94. The van der Waals surface area contributed by atoms with E-state index in [-0.39, 0.29) is 34.5 Å². The standard InChI is InChI=1S/C30H22F3N3O4/c31-19-12-23-27(24(37)13-19)26(17-2-4-18(5-3-17)29(38)39)28(36(23)20-6-7-21(32)22(33)14-20)30(9-1-10-30)15-40-25-8-11-34-16-35-25/h2-8,11-14,16,37H,1,9-10,15H2,(H,38,39). The van der Waals surface area contributed by atoms with Crippen LogP contribution in [0.15, 0.2) is 73.2 Å². The molecule has 1 fully saturated rings. The minimum Gasteiger partial charge on any atom is -0.507 e. The van der Waals surface area contributed by atoms with E-state index >= 15 is 0 Å². The summed E-state index contributed by atoms with van der Waals surface area (Å²) in [5, 5.41) is 20.8. The summed E-state index contributed by atoms with van der Waals surface area (Å²) >= 11 is 0. The topological polar surface area (TPSA) is 97.5 Å². The van der Waals surface area contributed by atoms with Gasteiger partial charge in [0, 0.05) is 46.8 Å². The molecule has 0 saturated heterocycles. The lowest BCUT2D eigenvalue weighted by Crippen LogP contribution is -2.42. The summed E-state index contributed by atoms with van der Waals surface area (Å²) in [6.45, 7) is 0.146. The van der Waals surface area contributed by atoms with Crippen LogP contribution in [0.5, 0.6) is 11.6 Å². The third-order valence-electron chi connectivity index (χ3n) is 7.46. The molecular formula is C30H22F3N3O4. The van der Waals surface area contributed by atoms with E-state index in [2.05, 4.69) is 9.97 Å². The van der Waals surface area contributed by atoms with E-state index in [0.717, 1.165) is 24.6 Å². The summed E-state index contributed by atoms with van der Waals surface area (Å²) in [6.07, 6.45) is 5.02. The normalized spacial score (nSPS) is 14.2. The number of benzene rings is 3. The Morgan fingerprint density at radius 1 is 1.00 bits per heavy atom. The summed E-state index contributed by atoms with van der Waals surface area (Å²) in [4.78, 5) is 19.6. The van der Waals surface area contributed by atoms with Crippen molar-refractivity contribution in [2.75, 3.05) is 6.61 Å². The second-order valence-electron chi connectivity index (χ2n) is 9.83. The molecule has 1 aliphatic rings. The van der Waals surface area contributed by atoms with Crippen LogP contribution in [0.4, 0.5) is 13.2 Å². The van der Waals surface area contributed by atoms with Gasteiger partial charge in [-0.05, 0) is 48.7 Å². The molecule has 0 atom stereocenters. The lowest BCUT2D eigenvalue weighted by atomic mass is 9.65. The number of carbonyl (C=O) groups is 1. The van der Waals surface area contributed by atoms with Crippen molar-refractivity contribution in [2.24, 2.45) is 0 Å². The molecule has 0 amide bonds. The van der Waals surface area contributed by atoms with Crippen LogP contribution in [0, 0.1) is 17.5 Å². The maximum atomic E-state index is 14.8. The van der Waals surface area contributed by atoms with Crippen LogP contribution in [0.1, 0.15) is 35.3 Å². The summed E-state index contributed by atoms with van der Waals surface area (Å²) < 4.78 is 51.0. The highest BCUT2D eigenvalue weighted by molar-refractivity contribution is 6.04. The van der Waals surface area contributed by atoms with Crippen LogP contribution < -0.4 is 4.74 Å². The first-order chi connectivity index (χ1) is 19.3. The molecule has 5 aromatic rings. The Kier molecular flexibility index (Phi) is 6.17. The second kappa shape index (κ2) is 9.71. The number of phenols is 1. The maximum Gasteiger partial charge on any atom is 0.335 e. The molecular weight excluding hydrogens is 523 g/mol. The van der Waals surface area contributed by atoms with Crippen molar-refractivity contribution in [3.8, 4) is 28.4 Å². The monoisotopic (exact) mass is 545 g/mol. The van der Waals surface area contributed by atoms with E-state index in [9.17, 15) is 28.2 Å². The first kappa shape index (κ1) is 25.4. The van der Waals surface area contributed by atoms with Gasteiger partial charge in [-0.1, -0.05) is 18.6 Å². The molecule has 10 heteroatoms. The second-order valence-corrected chi connectivity index (χ2v) is 9.83. The number of nitrogens with zero attached hydrogens (tertiary/aromatic N) is 3. The van der Waals surface area contributed by atoms with Crippen LogP contribution >= 0.6 is 0 Å². The molecule has 0 aliphatic heterocycles. The lowest BCUT2D eigenvalue weighted by Gasteiger charge is -2.43. The van der Waals surface area contributed by atoms with Gasteiger partial charge in [0.25, 0.3) is 0 Å². The number of aromatic hydroxyl groups is 1. The van der Waals surface area contributed by atoms with E-state index < -0.39 is 28.8 Å². The van der Waals surface area contributed by atoms with E-state index in [1.165, 1.54) is 30.6 Å². The summed E-state index contributed by atoms with van der Waals surface area (Å²) in [7, 11) is 0. The van der Waals surface area contributed by atoms with Crippen LogP contribution in [0.2, 0.25) is 0 Å². The largest absolute Gasteiger partial charge is 0.507 e. The van der Waals surface area contributed by atoms with Gasteiger partial charge in [-0.3, -0.25) is 0 Å². The summed E-state index contributed by atoms with van der Waals surface area (Å²) in [6, 6.07) is 13.3. The van der Waals surface area contributed by atoms with E-state index in [4.69, 9.17) is 4.74 Å². The first-order valence-corrected chi connectivity index (χ1v) is 12.5. The van der Waals surface area contributed by atoms with Crippen LogP contribution in [0.3, 0.4) is 0 Å². The number of phenolic OH excluding ortho intramolecular Hbond substituents is 1.